The van der Waals surface area contributed by atoms with Crippen molar-refractivity contribution in [2.24, 2.45) is 0 Å². The van der Waals surface area contributed by atoms with Gasteiger partial charge in [-0.1, -0.05) is 0 Å². The molecule has 1 fully saturated rings. The number of carbonyl (C=O) groups excluding carboxylic acids is 2. The number of nitrogens with zero attached hydrogens (tertiary/aromatic N) is 3. The van der Waals surface area contributed by atoms with E-state index in [-0.39, 0.29) is 5.91 Å². The summed E-state index contributed by atoms with van der Waals surface area (Å²) >= 11 is 1.32. The van der Waals surface area contributed by atoms with Crippen LogP contribution in [-0.2, 0) is 0 Å². The summed E-state index contributed by atoms with van der Waals surface area (Å²) in [5, 5.41) is 7.74. The number of hydrogen-bond donors (Lipinski definition) is 3. The van der Waals surface area contributed by atoms with Crippen LogP contribution in [0.15, 0.2) is 48.9 Å². The number of hydrogen-bond acceptors (Lipinski definition) is 7. The van der Waals surface area contributed by atoms with Crippen molar-refractivity contribution in [2.75, 3.05) is 30.8 Å². The van der Waals surface area contributed by atoms with Gasteiger partial charge >= 0.3 is 6.03 Å². The Morgan fingerprint density at radius 3 is 2.55 bits per heavy atom. The Balaban J connectivity index is 1.58. The van der Waals surface area contributed by atoms with Gasteiger partial charge < -0.3 is 4.74 Å². The number of benzene rings is 1. The molecule has 0 atom stereocenters. The largest absolute Gasteiger partial charge is 0.497 e. The van der Waals surface area contributed by atoms with E-state index in [0.717, 1.165) is 42.1 Å². The normalized spacial score (nSPS) is 13.6. The fourth-order valence-corrected chi connectivity index (χ4v) is 4.25. The predicted molar refractivity (Wildman–Crippen MR) is 119 cm³/mol. The van der Waals surface area contributed by atoms with Crippen molar-refractivity contribution in [3.8, 4) is 16.2 Å². The third kappa shape index (κ3) is 5.16. The van der Waals surface area contributed by atoms with Crippen molar-refractivity contribution in [1.29, 1.82) is 0 Å². The summed E-state index contributed by atoms with van der Waals surface area (Å²) in [6.45, 7) is 1.63. The lowest BCUT2D eigenvalue weighted by Crippen LogP contribution is -2.40. The van der Waals surface area contributed by atoms with Crippen LogP contribution in [0.5, 0.6) is 5.75 Å². The number of methoxy groups -OCH3 is 1. The van der Waals surface area contributed by atoms with Crippen LogP contribution in [0.4, 0.5) is 15.6 Å². The highest BCUT2D eigenvalue weighted by atomic mass is 32.1. The zero-order valence-corrected chi connectivity index (χ0v) is 17.7. The molecule has 10 heteroatoms. The van der Waals surface area contributed by atoms with Crippen LogP contribution in [0.1, 0.15) is 23.2 Å². The molecule has 0 unspecified atom stereocenters. The molecule has 3 amide bonds. The Labute approximate surface area is 183 Å². The van der Waals surface area contributed by atoms with E-state index in [1.54, 1.807) is 13.2 Å². The second-order valence-electron chi connectivity index (χ2n) is 6.89. The van der Waals surface area contributed by atoms with E-state index in [1.165, 1.54) is 29.9 Å². The van der Waals surface area contributed by atoms with E-state index < -0.39 is 6.03 Å². The van der Waals surface area contributed by atoms with E-state index in [2.05, 4.69) is 26.0 Å². The fraction of sp³-hybridized carbons (Fsp3) is 0.238. The van der Waals surface area contributed by atoms with E-state index in [4.69, 9.17) is 4.74 Å². The first-order valence-corrected chi connectivity index (χ1v) is 10.6. The first-order chi connectivity index (χ1) is 15.1. The minimum Gasteiger partial charge on any atom is -0.497 e. The summed E-state index contributed by atoms with van der Waals surface area (Å²) in [5.41, 5.74) is 4.25. The maximum absolute atomic E-state index is 12.9. The molecule has 3 aromatic rings. The predicted octanol–water partition coefficient (Wildman–Crippen LogP) is 3.60. The molecule has 1 aliphatic heterocycles. The fourth-order valence-electron chi connectivity index (χ4n) is 3.20. The van der Waals surface area contributed by atoms with Crippen LogP contribution < -0.4 is 20.8 Å². The van der Waals surface area contributed by atoms with Gasteiger partial charge in [0.05, 0.1) is 18.9 Å². The molecule has 2 aromatic heterocycles. The lowest BCUT2D eigenvalue weighted by atomic mass is 10.1. The lowest BCUT2D eigenvalue weighted by molar-refractivity contribution is 0.0827. The van der Waals surface area contributed by atoms with Gasteiger partial charge in [-0.15, -0.1) is 11.3 Å². The number of urea groups is 1. The smallest absolute Gasteiger partial charge is 0.325 e. The summed E-state index contributed by atoms with van der Waals surface area (Å²) in [4.78, 5) is 34.2. The molecular weight excluding hydrogens is 416 g/mol. The van der Waals surface area contributed by atoms with Crippen LogP contribution in [0.2, 0.25) is 0 Å². The Kier molecular flexibility index (Phi) is 6.39. The van der Waals surface area contributed by atoms with Gasteiger partial charge in [-0.3, -0.25) is 25.8 Å². The van der Waals surface area contributed by atoms with Gasteiger partial charge in [0.2, 0.25) is 0 Å². The molecule has 0 aliphatic carbocycles. The van der Waals surface area contributed by atoms with Crippen LogP contribution in [0.3, 0.4) is 0 Å². The van der Waals surface area contributed by atoms with Gasteiger partial charge in [0, 0.05) is 30.4 Å². The van der Waals surface area contributed by atoms with Crippen molar-refractivity contribution in [1.82, 2.24) is 20.4 Å². The lowest BCUT2D eigenvalue weighted by Gasteiger charge is -2.16. The number of carbonyl (C=O) groups is 2. The molecule has 0 spiro atoms. The molecule has 1 aromatic carbocycles. The van der Waals surface area contributed by atoms with Crippen molar-refractivity contribution in [3.63, 3.8) is 0 Å². The van der Waals surface area contributed by atoms with E-state index in [0.29, 0.717) is 16.4 Å². The highest BCUT2D eigenvalue weighted by molar-refractivity contribution is 7.20. The van der Waals surface area contributed by atoms with Crippen LogP contribution in [-0.4, -0.2) is 47.1 Å². The molecule has 0 bridgehead atoms. The van der Waals surface area contributed by atoms with Crippen LogP contribution >= 0.6 is 11.3 Å². The Bertz CT molecular complexity index is 1050. The molecule has 31 heavy (non-hydrogen) atoms. The molecule has 3 N–H and O–H groups in total. The van der Waals surface area contributed by atoms with Gasteiger partial charge in [-0.25, -0.2) is 14.8 Å². The molecule has 1 saturated heterocycles. The number of aromatic nitrogens is 2. The molecule has 1 aliphatic rings. The van der Waals surface area contributed by atoms with Gasteiger partial charge in [0.1, 0.15) is 10.8 Å². The summed E-state index contributed by atoms with van der Waals surface area (Å²) in [6, 6.07) is 8.82. The molecule has 0 saturated carbocycles. The van der Waals surface area contributed by atoms with Crippen LogP contribution in [0, 0.1) is 0 Å². The summed E-state index contributed by atoms with van der Waals surface area (Å²) in [6.07, 6.45) is 6.54. The van der Waals surface area contributed by atoms with Gasteiger partial charge in [-0.2, -0.15) is 0 Å². The number of ether oxygens (including phenoxy) is 1. The van der Waals surface area contributed by atoms with E-state index in [9.17, 15) is 9.59 Å². The maximum atomic E-state index is 12.9. The second kappa shape index (κ2) is 9.54. The van der Waals surface area contributed by atoms with E-state index in [1.807, 2.05) is 29.3 Å². The van der Waals surface area contributed by atoms with Crippen molar-refractivity contribution in [2.45, 2.75) is 12.8 Å². The Morgan fingerprint density at radius 2 is 1.87 bits per heavy atom. The monoisotopic (exact) mass is 438 g/mol. The standard InChI is InChI=1S/C21H22N6O3S/c1-30-15-6-4-14(5-7-15)17-12-16(19(28)26-27-10-2-3-11-27)20(31-17)25-21(29)24-18-13-22-8-9-23-18/h4-9,12-13H,2-3,10-11H2,1H3,(H,26,28)(H2,23,24,25,29). The van der Waals surface area contributed by atoms with Gasteiger partial charge in [0.25, 0.3) is 5.91 Å². The summed E-state index contributed by atoms with van der Waals surface area (Å²) < 4.78 is 5.21. The highest BCUT2D eigenvalue weighted by Crippen LogP contribution is 2.36. The third-order valence-corrected chi connectivity index (χ3v) is 5.85. The molecule has 4 rings (SSSR count). The molecular formula is C21H22N6O3S. The van der Waals surface area contributed by atoms with Crippen LogP contribution in [0.25, 0.3) is 10.4 Å². The number of nitrogens with one attached hydrogen (secondary N) is 3. The molecule has 0 radical (unpaired) electrons. The molecule has 160 valence electrons. The summed E-state index contributed by atoms with van der Waals surface area (Å²) in [7, 11) is 1.61. The third-order valence-electron chi connectivity index (χ3n) is 4.75. The average molecular weight is 439 g/mol. The highest BCUT2D eigenvalue weighted by Gasteiger charge is 2.22. The number of amides is 3. The minimum absolute atomic E-state index is 0.257. The number of thiophene rings is 1. The first kappa shape index (κ1) is 20.8. The Morgan fingerprint density at radius 1 is 1.10 bits per heavy atom. The number of anilines is 2. The second-order valence-corrected chi connectivity index (χ2v) is 7.94. The zero-order valence-electron chi connectivity index (χ0n) is 16.9. The van der Waals surface area contributed by atoms with Gasteiger partial charge in [-0.05, 0) is 48.7 Å². The minimum atomic E-state index is -0.501. The summed E-state index contributed by atoms with van der Waals surface area (Å²) in [5.74, 6) is 0.803. The SMILES string of the molecule is COc1ccc(-c2cc(C(=O)NN3CCCC3)c(NC(=O)Nc3cnccn3)s2)cc1. The van der Waals surface area contributed by atoms with Crippen molar-refractivity contribution < 1.29 is 14.3 Å². The van der Waals surface area contributed by atoms with Crippen molar-refractivity contribution >= 4 is 34.1 Å². The maximum Gasteiger partial charge on any atom is 0.325 e. The van der Waals surface area contributed by atoms with Gasteiger partial charge in [0.15, 0.2) is 5.82 Å². The number of hydrazine groups is 1. The molecule has 9 nitrogen and oxygen atoms in total. The first-order valence-electron chi connectivity index (χ1n) is 9.80. The van der Waals surface area contributed by atoms with E-state index >= 15 is 0 Å². The number of rotatable bonds is 6. The topological polar surface area (TPSA) is 108 Å². The average Bonchev–Trinajstić information content (AvgIpc) is 3.44. The molecule has 3 heterocycles. The quantitative estimate of drug-likeness (QED) is 0.543. The Hall–Kier alpha value is -3.50. The van der Waals surface area contributed by atoms with Crippen molar-refractivity contribution in [3.05, 3.63) is 54.5 Å². The zero-order chi connectivity index (χ0) is 21.6.